The van der Waals surface area contributed by atoms with Crippen molar-refractivity contribution in [1.82, 2.24) is 4.90 Å². The zero-order valence-corrected chi connectivity index (χ0v) is 21.1. The molecule has 0 aliphatic carbocycles. The van der Waals surface area contributed by atoms with Crippen molar-refractivity contribution < 1.29 is 23.8 Å². The van der Waals surface area contributed by atoms with E-state index in [4.69, 9.17) is 14.2 Å². The number of methoxy groups -OCH3 is 3. The molecule has 6 heteroatoms. The second kappa shape index (κ2) is 11.9. The van der Waals surface area contributed by atoms with Crippen molar-refractivity contribution in [2.24, 2.45) is 0 Å². The third kappa shape index (κ3) is 5.64. The topological polar surface area (TPSA) is 65.1 Å². The maximum atomic E-state index is 13.8. The van der Waals surface area contributed by atoms with E-state index in [-0.39, 0.29) is 17.1 Å². The standard InChI is InChI=1S/C31H29NO5/c1-35-27-15-9-7-13-23(27)17-18-26-29(31(34)37-3)25(21-24-14-8-10-16-28(24)36-2)30(33)32(26)20-19-22-11-5-4-6-12-22/h4-18,21H,19-20H2,1-3H3/b18-17+,25-21-. The van der Waals surface area contributed by atoms with Crippen molar-refractivity contribution in [3.8, 4) is 11.5 Å². The maximum Gasteiger partial charge on any atom is 0.340 e. The molecule has 188 valence electrons. The Hall–Kier alpha value is -4.58. The van der Waals surface area contributed by atoms with E-state index in [0.717, 1.165) is 11.1 Å². The van der Waals surface area contributed by atoms with Crippen LogP contribution in [0.1, 0.15) is 16.7 Å². The summed E-state index contributed by atoms with van der Waals surface area (Å²) >= 11 is 0. The number of rotatable bonds is 9. The maximum absolute atomic E-state index is 13.8. The summed E-state index contributed by atoms with van der Waals surface area (Å²) < 4.78 is 16.1. The van der Waals surface area contributed by atoms with Gasteiger partial charge in [0.05, 0.1) is 38.2 Å². The number of amides is 1. The van der Waals surface area contributed by atoms with Gasteiger partial charge < -0.3 is 19.1 Å². The summed E-state index contributed by atoms with van der Waals surface area (Å²) in [4.78, 5) is 28.5. The van der Waals surface area contributed by atoms with Crippen LogP contribution in [0.3, 0.4) is 0 Å². The van der Waals surface area contributed by atoms with Crippen molar-refractivity contribution in [2.45, 2.75) is 6.42 Å². The van der Waals surface area contributed by atoms with Gasteiger partial charge in [-0.2, -0.15) is 0 Å². The molecule has 0 saturated carbocycles. The summed E-state index contributed by atoms with van der Waals surface area (Å²) in [5, 5.41) is 0. The average Bonchev–Trinajstić information content (AvgIpc) is 3.21. The Morgan fingerprint density at radius 1 is 0.784 bits per heavy atom. The number of hydrogen-bond donors (Lipinski definition) is 0. The number of carbonyl (C=O) groups is 2. The summed E-state index contributed by atoms with van der Waals surface area (Å²) in [6, 6.07) is 24.8. The first-order chi connectivity index (χ1) is 18.1. The Morgan fingerprint density at radius 3 is 2.03 bits per heavy atom. The van der Waals surface area contributed by atoms with Crippen molar-refractivity contribution in [2.75, 3.05) is 27.9 Å². The van der Waals surface area contributed by atoms with E-state index in [2.05, 4.69) is 0 Å². The van der Waals surface area contributed by atoms with Gasteiger partial charge in [-0.05, 0) is 42.3 Å². The normalized spacial score (nSPS) is 14.5. The van der Waals surface area contributed by atoms with Crippen LogP contribution in [0.5, 0.6) is 11.5 Å². The van der Waals surface area contributed by atoms with Gasteiger partial charge in [0.1, 0.15) is 11.5 Å². The van der Waals surface area contributed by atoms with Crippen LogP contribution in [0, 0.1) is 0 Å². The molecule has 0 unspecified atom stereocenters. The predicted molar refractivity (Wildman–Crippen MR) is 144 cm³/mol. The van der Waals surface area contributed by atoms with Crippen LogP contribution in [0.4, 0.5) is 0 Å². The van der Waals surface area contributed by atoms with Crippen LogP contribution >= 0.6 is 0 Å². The Morgan fingerprint density at radius 2 is 1.38 bits per heavy atom. The molecule has 1 aliphatic heterocycles. The fraction of sp³-hybridized carbons (Fsp3) is 0.161. The summed E-state index contributed by atoms with van der Waals surface area (Å²) in [6.07, 6.45) is 5.92. The van der Waals surface area contributed by atoms with E-state index >= 15 is 0 Å². The fourth-order valence-electron chi connectivity index (χ4n) is 4.28. The molecule has 1 heterocycles. The van der Waals surface area contributed by atoms with Gasteiger partial charge in [-0.15, -0.1) is 0 Å². The molecule has 3 aromatic carbocycles. The molecule has 1 amide bonds. The molecule has 0 radical (unpaired) electrons. The Kier molecular flexibility index (Phi) is 8.21. The molecule has 0 aromatic heterocycles. The lowest BCUT2D eigenvalue weighted by Gasteiger charge is -2.18. The Bertz CT molecular complexity index is 1370. The first kappa shape index (κ1) is 25.5. The summed E-state index contributed by atoms with van der Waals surface area (Å²) in [7, 11) is 4.48. The highest BCUT2D eigenvalue weighted by Crippen LogP contribution is 2.35. The average molecular weight is 496 g/mol. The van der Waals surface area contributed by atoms with Gasteiger partial charge in [0.2, 0.25) is 0 Å². The minimum atomic E-state index is -0.587. The largest absolute Gasteiger partial charge is 0.496 e. The second-order valence-electron chi connectivity index (χ2n) is 8.32. The number of ether oxygens (including phenoxy) is 3. The van der Waals surface area contributed by atoms with Crippen LogP contribution < -0.4 is 9.47 Å². The molecule has 0 fully saturated rings. The van der Waals surface area contributed by atoms with E-state index in [1.807, 2.05) is 84.9 Å². The number of esters is 1. The number of allylic oxidation sites excluding steroid dienone is 1. The molecule has 0 bridgehead atoms. The van der Waals surface area contributed by atoms with Gasteiger partial charge in [-0.1, -0.05) is 66.7 Å². The lowest BCUT2D eigenvalue weighted by molar-refractivity contribution is -0.136. The zero-order chi connectivity index (χ0) is 26.2. The molecule has 37 heavy (non-hydrogen) atoms. The van der Waals surface area contributed by atoms with Crippen molar-refractivity contribution in [1.29, 1.82) is 0 Å². The minimum absolute atomic E-state index is 0.206. The molecule has 0 atom stereocenters. The minimum Gasteiger partial charge on any atom is -0.496 e. The molecule has 3 aromatic rings. The molecular formula is C31H29NO5. The molecule has 0 N–H and O–H groups in total. The third-order valence-corrected chi connectivity index (χ3v) is 6.15. The summed E-state index contributed by atoms with van der Waals surface area (Å²) in [5.74, 6) is 0.420. The van der Waals surface area contributed by atoms with Gasteiger partial charge in [0.15, 0.2) is 0 Å². The van der Waals surface area contributed by atoms with E-state index in [1.54, 1.807) is 31.3 Å². The van der Waals surface area contributed by atoms with E-state index in [9.17, 15) is 9.59 Å². The number of carbonyl (C=O) groups excluding carboxylic acids is 2. The van der Waals surface area contributed by atoms with E-state index in [0.29, 0.717) is 35.7 Å². The van der Waals surface area contributed by atoms with Crippen molar-refractivity contribution in [3.05, 3.63) is 118 Å². The van der Waals surface area contributed by atoms with Crippen LogP contribution in [-0.4, -0.2) is 44.7 Å². The zero-order valence-electron chi connectivity index (χ0n) is 21.1. The molecule has 0 spiro atoms. The van der Waals surface area contributed by atoms with Gasteiger partial charge in [0.25, 0.3) is 5.91 Å². The van der Waals surface area contributed by atoms with E-state index in [1.165, 1.54) is 7.11 Å². The third-order valence-electron chi connectivity index (χ3n) is 6.15. The van der Waals surface area contributed by atoms with E-state index < -0.39 is 5.97 Å². The molecule has 1 aliphatic rings. The summed E-state index contributed by atoms with van der Waals surface area (Å²) in [5.41, 5.74) is 3.53. The number of nitrogens with zero attached hydrogens (tertiary/aromatic N) is 1. The van der Waals surface area contributed by atoms with Crippen molar-refractivity contribution in [3.63, 3.8) is 0 Å². The number of hydrogen-bond acceptors (Lipinski definition) is 5. The lowest BCUT2D eigenvalue weighted by Crippen LogP contribution is -2.27. The number of para-hydroxylation sites is 2. The quantitative estimate of drug-likeness (QED) is 0.297. The Balaban J connectivity index is 1.84. The molecule has 0 saturated heterocycles. The number of benzene rings is 3. The highest BCUT2D eigenvalue weighted by Gasteiger charge is 2.38. The van der Waals surface area contributed by atoms with Gasteiger partial charge >= 0.3 is 5.97 Å². The predicted octanol–water partition coefficient (Wildman–Crippen LogP) is 5.31. The molecule has 4 rings (SSSR count). The van der Waals surface area contributed by atoms with Crippen molar-refractivity contribution >= 4 is 24.0 Å². The van der Waals surface area contributed by atoms with Crippen LogP contribution in [0.15, 0.2) is 102 Å². The first-order valence-corrected chi connectivity index (χ1v) is 11.9. The van der Waals surface area contributed by atoms with Gasteiger partial charge in [-0.3, -0.25) is 4.79 Å². The molecular weight excluding hydrogens is 466 g/mol. The fourth-order valence-corrected chi connectivity index (χ4v) is 4.28. The van der Waals surface area contributed by atoms with Crippen LogP contribution in [-0.2, 0) is 20.7 Å². The lowest BCUT2D eigenvalue weighted by atomic mass is 10.0. The van der Waals surface area contributed by atoms with Gasteiger partial charge in [0, 0.05) is 17.7 Å². The second-order valence-corrected chi connectivity index (χ2v) is 8.32. The molecule has 6 nitrogen and oxygen atoms in total. The SMILES string of the molecule is COC(=O)C1=C(/C=C/c2ccccc2OC)N(CCc2ccccc2)C(=O)/C1=C\c1ccccc1OC. The highest BCUT2D eigenvalue weighted by atomic mass is 16.5. The Labute approximate surface area is 217 Å². The summed E-state index contributed by atoms with van der Waals surface area (Å²) in [6.45, 7) is 0.387. The first-order valence-electron chi connectivity index (χ1n) is 11.9. The van der Waals surface area contributed by atoms with Crippen LogP contribution in [0.25, 0.3) is 12.2 Å². The van der Waals surface area contributed by atoms with Crippen LogP contribution in [0.2, 0.25) is 0 Å². The highest BCUT2D eigenvalue weighted by molar-refractivity contribution is 6.17. The van der Waals surface area contributed by atoms with Gasteiger partial charge in [-0.25, -0.2) is 4.79 Å². The monoisotopic (exact) mass is 495 g/mol. The smallest absolute Gasteiger partial charge is 0.340 e.